The van der Waals surface area contributed by atoms with E-state index in [0.29, 0.717) is 41.6 Å². The van der Waals surface area contributed by atoms with E-state index in [0.717, 1.165) is 51.4 Å². The first kappa shape index (κ1) is 27.8. The number of hydrogen-bond donors (Lipinski definition) is 3. The fraction of sp³-hybridized carbons (Fsp3) is 0.781. The molecule has 0 aromatic carbocycles. The number of Topliss-reactive ketones (excluding diaryl/α,β-unsaturated/α-hetero) is 1. The number of hydrogen-bond acceptors (Lipinski definition) is 5. The smallest absolute Gasteiger partial charge is 0.337 e. The highest BCUT2D eigenvalue weighted by Crippen LogP contribution is 2.69. The van der Waals surface area contributed by atoms with Crippen LogP contribution < -0.4 is 0 Å². The lowest BCUT2D eigenvalue weighted by Gasteiger charge is -2.64. The van der Waals surface area contributed by atoms with Crippen molar-refractivity contribution in [2.45, 2.75) is 104 Å². The van der Waals surface area contributed by atoms with Gasteiger partial charge in [-0.15, -0.1) is 0 Å². The van der Waals surface area contributed by atoms with Gasteiger partial charge in [-0.2, -0.15) is 0 Å². The molecule has 0 amide bonds. The van der Waals surface area contributed by atoms with Gasteiger partial charge in [0.05, 0.1) is 17.8 Å². The molecule has 4 aliphatic rings. The zero-order chi connectivity index (χ0) is 27.4. The summed E-state index contributed by atoms with van der Waals surface area (Å²) in [5, 5.41) is 31.6. The average Bonchev–Trinajstić information content (AvgIpc) is 3.22. The maximum Gasteiger partial charge on any atom is 0.337 e. The highest BCUT2D eigenvalue weighted by Gasteiger charge is 2.64. The number of aromatic nitrogens is 1. The van der Waals surface area contributed by atoms with Crippen molar-refractivity contribution in [3.8, 4) is 0 Å². The standard InChI is InChI=1S/C32H47NO5/c1-5-23-27-15-21(34)8-10-32(27,4)26-9-11-31(3)24(6-7-25(31)28(26)29(23)36)18(2)12-22(35)14-19-13-20(30(37)38)17-33-16-19/h13,16-18,21,23-29,34,36H,5-12,14-15H2,1-4H3,(H,37,38)/t18-,21-,23-,24-,25+,26+,27+,28+,29-,31-,32-/m1/s1. The SMILES string of the molecule is CC[C@H]1[C@@H](O)[C@@H]2[C@H](CC[C@]3(C)[C@@H]([C@H](C)CC(=O)Cc4cncc(C(=O)O)c4)CC[C@@H]23)[C@@]2(C)CC[C@@H](O)C[C@@H]12. The molecule has 11 atom stereocenters. The van der Waals surface area contributed by atoms with Crippen molar-refractivity contribution in [1.82, 2.24) is 4.98 Å². The van der Waals surface area contributed by atoms with Crippen LogP contribution in [0.1, 0.15) is 101 Å². The molecule has 4 fully saturated rings. The Morgan fingerprint density at radius 1 is 1.03 bits per heavy atom. The molecule has 0 unspecified atom stereocenters. The number of ketones is 1. The van der Waals surface area contributed by atoms with Crippen molar-refractivity contribution in [2.24, 2.45) is 52.3 Å². The number of aliphatic hydroxyl groups excluding tert-OH is 2. The third kappa shape index (κ3) is 4.54. The van der Waals surface area contributed by atoms with E-state index >= 15 is 0 Å². The van der Waals surface area contributed by atoms with Gasteiger partial charge in [-0.25, -0.2) is 4.79 Å². The van der Waals surface area contributed by atoms with Crippen LogP contribution in [0.5, 0.6) is 0 Å². The molecule has 4 saturated carbocycles. The second-order valence-electron chi connectivity index (χ2n) is 13.9. The van der Waals surface area contributed by atoms with Crippen molar-refractivity contribution >= 4 is 11.8 Å². The summed E-state index contributed by atoms with van der Waals surface area (Å²) in [6.45, 7) is 9.35. The minimum absolute atomic E-state index is 0.117. The number of carbonyl (C=O) groups is 2. The second-order valence-corrected chi connectivity index (χ2v) is 13.9. The van der Waals surface area contributed by atoms with Crippen molar-refractivity contribution < 1.29 is 24.9 Å². The third-order valence-electron chi connectivity index (χ3n) is 12.1. The van der Waals surface area contributed by atoms with Crippen LogP contribution in [0.4, 0.5) is 0 Å². The number of rotatable bonds is 7. The van der Waals surface area contributed by atoms with Crippen LogP contribution in [0.2, 0.25) is 0 Å². The summed E-state index contributed by atoms with van der Waals surface area (Å²) in [6, 6.07) is 1.55. The van der Waals surface area contributed by atoms with Crippen molar-refractivity contribution in [1.29, 1.82) is 0 Å². The Balaban J connectivity index is 1.32. The summed E-state index contributed by atoms with van der Waals surface area (Å²) < 4.78 is 0. The van der Waals surface area contributed by atoms with Gasteiger partial charge in [0.15, 0.2) is 0 Å². The first-order valence-corrected chi connectivity index (χ1v) is 15.0. The van der Waals surface area contributed by atoms with Crippen LogP contribution in [0, 0.1) is 52.3 Å². The van der Waals surface area contributed by atoms with Gasteiger partial charge in [0.25, 0.3) is 0 Å². The number of carboxylic acid groups (broad SMARTS) is 1. The summed E-state index contributed by atoms with van der Waals surface area (Å²) in [5.74, 6) is 1.78. The zero-order valence-electron chi connectivity index (χ0n) is 23.6. The maximum absolute atomic E-state index is 13.1. The predicted molar refractivity (Wildman–Crippen MR) is 145 cm³/mol. The fourth-order valence-electron chi connectivity index (χ4n) is 10.4. The Bertz CT molecular complexity index is 1060. The first-order chi connectivity index (χ1) is 18.0. The van der Waals surface area contributed by atoms with Crippen LogP contribution in [0.3, 0.4) is 0 Å². The Kier molecular flexibility index (Phi) is 7.54. The molecule has 6 heteroatoms. The van der Waals surface area contributed by atoms with E-state index < -0.39 is 5.97 Å². The topological polar surface area (TPSA) is 108 Å². The molecule has 6 nitrogen and oxygen atoms in total. The van der Waals surface area contributed by atoms with Crippen LogP contribution in [-0.4, -0.2) is 44.3 Å². The van der Waals surface area contributed by atoms with Crippen LogP contribution in [0.15, 0.2) is 18.5 Å². The molecule has 1 heterocycles. The summed E-state index contributed by atoms with van der Waals surface area (Å²) in [5.41, 5.74) is 1.10. The molecule has 1 aromatic rings. The average molecular weight is 526 g/mol. The van der Waals surface area contributed by atoms with Gasteiger partial charge < -0.3 is 15.3 Å². The van der Waals surface area contributed by atoms with Crippen LogP contribution in [0.25, 0.3) is 0 Å². The summed E-state index contributed by atoms with van der Waals surface area (Å²) in [4.78, 5) is 28.4. The van der Waals surface area contributed by atoms with Gasteiger partial charge in [-0.05, 0) is 109 Å². The lowest BCUT2D eigenvalue weighted by molar-refractivity contribution is -0.203. The van der Waals surface area contributed by atoms with Crippen LogP contribution in [-0.2, 0) is 11.2 Å². The number of carboxylic acids is 1. The monoisotopic (exact) mass is 525 g/mol. The van der Waals surface area contributed by atoms with Gasteiger partial charge in [0.2, 0.25) is 0 Å². The largest absolute Gasteiger partial charge is 0.478 e. The predicted octanol–water partition coefficient (Wildman–Crippen LogP) is 5.54. The number of nitrogens with zero attached hydrogens (tertiary/aromatic N) is 1. The molecule has 5 rings (SSSR count). The molecule has 0 radical (unpaired) electrons. The van der Waals surface area contributed by atoms with E-state index in [1.165, 1.54) is 6.20 Å². The van der Waals surface area contributed by atoms with Gasteiger partial charge in [0, 0.05) is 25.2 Å². The number of carbonyl (C=O) groups excluding carboxylic acids is 1. The molecule has 3 N–H and O–H groups in total. The second kappa shape index (κ2) is 10.3. The van der Waals surface area contributed by atoms with Gasteiger partial charge in [-0.1, -0.05) is 34.1 Å². The van der Waals surface area contributed by atoms with Gasteiger partial charge >= 0.3 is 5.97 Å². The molecule has 0 aliphatic heterocycles. The Hall–Kier alpha value is -1.79. The molecule has 0 saturated heterocycles. The summed E-state index contributed by atoms with van der Waals surface area (Å²) >= 11 is 0. The Morgan fingerprint density at radius 2 is 1.74 bits per heavy atom. The third-order valence-corrected chi connectivity index (χ3v) is 12.1. The fourth-order valence-corrected chi connectivity index (χ4v) is 10.4. The number of aliphatic hydroxyl groups is 2. The van der Waals surface area contributed by atoms with Gasteiger partial charge in [0.1, 0.15) is 5.78 Å². The van der Waals surface area contributed by atoms with E-state index in [4.69, 9.17) is 0 Å². The number of aromatic carboxylic acids is 1. The summed E-state index contributed by atoms with van der Waals surface area (Å²) in [7, 11) is 0. The zero-order valence-corrected chi connectivity index (χ0v) is 23.6. The van der Waals surface area contributed by atoms with E-state index in [1.54, 1.807) is 12.3 Å². The highest BCUT2D eigenvalue weighted by atomic mass is 16.4. The minimum atomic E-state index is -1.03. The number of fused-ring (bicyclic) bond motifs is 5. The quantitative estimate of drug-likeness (QED) is 0.431. The highest BCUT2D eigenvalue weighted by molar-refractivity contribution is 5.88. The molecular formula is C32H47NO5. The Morgan fingerprint density at radius 3 is 2.45 bits per heavy atom. The van der Waals surface area contributed by atoms with Crippen molar-refractivity contribution in [2.75, 3.05) is 0 Å². The molecule has 0 bridgehead atoms. The van der Waals surface area contributed by atoms with E-state index in [2.05, 4.69) is 32.7 Å². The molecule has 0 spiro atoms. The first-order valence-electron chi connectivity index (χ1n) is 15.0. The molecular weight excluding hydrogens is 478 g/mol. The van der Waals surface area contributed by atoms with E-state index in [9.17, 15) is 24.9 Å². The molecule has 210 valence electrons. The van der Waals surface area contributed by atoms with Gasteiger partial charge in [-0.3, -0.25) is 9.78 Å². The minimum Gasteiger partial charge on any atom is -0.478 e. The lowest BCUT2D eigenvalue weighted by Crippen LogP contribution is -2.62. The molecule has 1 aromatic heterocycles. The van der Waals surface area contributed by atoms with E-state index in [1.807, 2.05) is 0 Å². The molecule has 38 heavy (non-hydrogen) atoms. The van der Waals surface area contributed by atoms with Crippen molar-refractivity contribution in [3.63, 3.8) is 0 Å². The molecule has 4 aliphatic carbocycles. The normalized spacial score (nSPS) is 43.0. The van der Waals surface area contributed by atoms with E-state index in [-0.39, 0.29) is 52.6 Å². The lowest BCUT2D eigenvalue weighted by atomic mass is 9.41. The Labute approximate surface area is 227 Å². The maximum atomic E-state index is 13.1. The van der Waals surface area contributed by atoms with Crippen LogP contribution >= 0.6 is 0 Å². The van der Waals surface area contributed by atoms with Crippen molar-refractivity contribution in [3.05, 3.63) is 29.6 Å². The summed E-state index contributed by atoms with van der Waals surface area (Å²) in [6.07, 6.45) is 11.4. The number of pyridine rings is 1.